The summed E-state index contributed by atoms with van der Waals surface area (Å²) in [7, 11) is 4.62. The predicted octanol–water partition coefficient (Wildman–Crippen LogP) is 1.48. The zero-order chi connectivity index (χ0) is 18.8. The van der Waals surface area contributed by atoms with Crippen molar-refractivity contribution < 1.29 is 23.9 Å². The third-order valence-electron chi connectivity index (χ3n) is 2.90. The van der Waals surface area contributed by atoms with E-state index in [4.69, 9.17) is 4.74 Å². The Hall–Kier alpha value is -3.09. The molecule has 0 spiro atoms. The molecule has 1 N–H and O–H groups in total. The van der Waals surface area contributed by atoms with Crippen LogP contribution in [0.25, 0.3) is 0 Å². The summed E-state index contributed by atoms with van der Waals surface area (Å²) in [6.07, 6.45) is 2.71. The molecule has 0 aromatic heterocycles. The van der Waals surface area contributed by atoms with E-state index in [1.807, 2.05) is 0 Å². The topological polar surface area (TPSA) is 84.9 Å². The van der Waals surface area contributed by atoms with Gasteiger partial charge in [0.05, 0.1) is 19.3 Å². The average Bonchev–Trinajstić information content (AvgIpc) is 2.60. The maximum Gasteiger partial charge on any atom is 0.354 e. The number of esters is 2. The van der Waals surface area contributed by atoms with Crippen molar-refractivity contribution in [3.8, 4) is 0 Å². The number of nitrogens with zero attached hydrogens (tertiary/aromatic N) is 1. The SMILES string of the molecule is CCOC(=O)C(=C/N(C)C)/C=C(/NC(=O)c1ccccc1)C(=O)OC. The van der Waals surface area contributed by atoms with Gasteiger partial charge in [-0.3, -0.25) is 4.79 Å². The lowest BCUT2D eigenvalue weighted by atomic mass is 10.2. The Morgan fingerprint density at radius 3 is 2.28 bits per heavy atom. The molecule has 7 nitrogen and oxygen atoms in total. The van der Waals surface area contributed by atoms with E-state index in [9.17, 15) is 14.4 Å². The van der Waals surface area contributed by atoms with E-state index < -0.39 is 17.8 Å². The number of methoxy groups -OCH3 is 1. The maximum absolute atomic E-state index is 12.3. The third kappa shape index (κ3) is 6.50. The normalized spacial score (nSPS) is 11.5. The molecular weight excluding hydrogens is 324 g/mol. The Morgan fingerprint density at radius 2 is 1.76 bits per heavy atom. The number of ether oxygens (including phenoxy) is 2. The van der Waals surface area contributed by atoms with Crippen LogP contribution >= 0.6 is 0 Å². The van der Waals surface area contributed by atoms with Crippen molar-refractivity contribution in [2.45, 2.75) is 6.92 Å². The van der Waals surface area contributed by atoms with E-state index in [0.29, 0.717) is 5.56 Å². The predicted molar refractivity (Wildman–Crippen MR) is 92.4 cm³/mol. The van der Waals surface area contributed by atoms with Crippen LogP contribution in [-0.4, -0.2) is 50.6 Å². The fourth-order valence-electron chi connectivity index (χ4n) is 1.84. The quantitative estimate of drug-likeness (QED) is 0.457. The number of carbonyl (C=O) groups excluding carboxylic acids is 3. The van der Waals surface area contributed by atoms with Crippen LogP contribution in [0.5, 0.6) is 0 Å². The summed E-state index contributed by atoms with van der Waals surface area (Å²) in [6.45, 7) is 1.86. The van der Waals surface area contributed by atoms with Crippen LogP contribution in [0.1, 0.15) is 17.3 Å². The van der Waals surface area contributed by atoms with Crippen molar-refractivity contribution in [1.29, 1.82) is 0 Å². The van der Waals surface area contributed by atoms with Gasteiger partial charge in [-0.25, -0.2) is 9.59 Å². The van der Waals surface area contributed by atoms with E-state index in [1.165, 1.54) is 19.4 Å². The summed E-state index contributed by atoms with van der Waals surface area (Å²) in [5.74, 6) is -1.89. The first-order valence-corrected chi connectivity index (χ1v) is 7.60. The van der Waals surface area contributed by atoms with Gasteiger partial charge in [0.15, 0.2) is 0 Å². The van der Waals surface area contributed by atoms with Crippen molar-refractivity contribution in [1.82, 2.24) is 10.2 Å². The molecule has 0 saturated carbocycles. The molecule has 0 bridgehead atoms. The zero-order valence-corrected chi connectivity index (χ0v) is 14.7. The van der Waals surface area contributed by atoms with Crippen LogP contribution in [0.15, 0.2) is 53.9 Å². The Morgan fingerprint density at radius 1 is 1.12 bits per heavy atom. The van der Waals surface area contributed by atoms with Gasteiger partial charge >= 0.3 is 11.9 Å². The number of benzene rings is 1. The van der Waals surface area contributed by atoms with Crippen LogP contribution in [0.2, 0.25) is 0 Å². The van der Waals surface area contributed by atoms with Crippen molar-refractivity contribution >= 4 is 17.8 Å². The van der Waals surface area contributed by atoms with E-state index in [2.05, 4.69) is 10.1 Å². The summed E-state index contributed by atoms with van der Waals surface area (Å²) in [6, 6.07) is 8.38. The molecule has 0 saturated heterocycles. The summed E-state index contributed by atoms with van der Waals surface area (Å²) in [5, 5.41) is 2.47. The molecule has 0 aliphatic carbocycles. The Bertz CT molecular complexity index is 678. The van der Waals surface area contributed by atoms with Crippen LogP contribution in [-0.2, 0) is 19.1 Å². The smallest absolute Gasteiger partial charge is 0.354 e. The van der Waals surface area contributed by atoms with Crippen LogP contribution in [0, 0.1) is 0 Å². The molecule has 0 aliphatic rings. The second-order valence-electron chi connectivity index (χ2n) is 5.14. The highest BCUT2D eigenvalue weighted by atomic mass is 16.5. The Kier molecular flexibility index (Phi) is 7.92. The number of hydrogen-bond donors (Lipinski definition) is 1. The highest BCUT2D eigenvalue weighted by molar-refractivity contribution is 6.02. The number of carbonyl (C=O) groups is 3. The van der Waals surface area contributed by atoms with Crippen molar-refractivity contribution in [3.05, 3.63) is 59.4 Å². The zero-order valence-electron chi connectivity index (χ0n) is 14.7. The molecule has 134 valence electrons. The highest BCUT2D eigenvalue weighted by Gasteiger charge is 2.18. The molecule has 1 aromatic carbocycles. The van der Waals surface area contributed by atoms with Gasteiger partial charge in [0.2, 0.25) is 0 Å². The molecule has 0 fully saturated rings. The van der Waals surface area contributed by atoms with Gasteiger partial charge in [-0.2, -0.15) is 0 Å². The minimum Gasteiger partial charge on any atom is -0.464 e. The van der Waals surface area contributed by atoms with E-state index in [0.717, 1.165) is 0 Å². The molecule has 0 heterocycles. The van der Waals surface area contributed by atoms with Crippen LogP contribution in [0.3, 0.4) is 0 Å². The molecule has 7 heteroatoms. The summed E-state index contributed by atoms with van der Waals surface area (Å²) < 4.78 is 9.65. The third-order valence-corrected chi connectivity index (χ3v) is 2.90. The van der Waals surface area contributed by atoms with E-state index in [-0.39, 0.29) is 17.9 Å². The average molecular weight is 346 g/mol. The lowest BCUT2D eigenvalue weighted by Gasteiger charge is -2.12. The monoisotopic (exact) mass is 346 g/mol. The minimum atomic E-state index is -0.779. The molecular formula is C18H22N2O5. The van der Waals surface area contributed by atoms with Gasteiger partial charge in [0.1, 0.15) is 5.70 Å². The number of amides is 1. The molecule has 0 aliphatic heterocycles. The first-order valence-electron chi connectivity index (χ1n) is 7.60. The standard InChI is InChI=1S/C18H22N2O5/c1-5-25-17(22)14(12-20(2)3)11-15(18(23)24-4)19-16(21)13-9-7-6-8-10-13/h6-12H,5H2,1-4H3,(H,19,21)/b14-12+,15-11+. The van der Waals surface area contributed by atoms with Crippen molar-refractivity contribution in [2.24, 2.45) is 0 Å². The number of hydrogen-bond acceptors (Lipinski definition) is 6. The molecule has 1 rings (SSSR count). The first-order chi connectivity index (χ1) is 11.9. The lowest BCUT2D eigenvalue weighted by molar-refractivity contribution is -0.138. The molecule has 0 atom stereocenters. The van der Waals surface area contributed by atoms with Gasteiger partial charge in [0.25, 0.3) is 5.91 Å². The molecule has 0 unspecified atom stereocenters. The fourth-order valence-corrected chi connectivity index (χ4v) is 1.84. The molecule has 1 aromatic rings. The fraction of sp³-hybridized carbons (Fsp3) is 0.278. The van der Waals surface area contributed by atoms with E-state index in [1.54, 1.807) is 56.3 Å². The second-order valence-corrected chi connectivity index (χ2v) is 5.14. The van der Waals surface area contributed by atoms with Crippen molar-refractivity contribution in [2.75, 3.05) is 27.8 Å². The minimum absolute atomic E-state index is 0.0978. The van der Waals surface area contributed by atoms with Crippen molar-refractivity contribution in [3.63, 3.8) is 0 Å². The molecule has 0 radical (unpaired) electrons. The largest absolute Gasteiger partial charge is 0.464 e. The van der Waals surface area contributed by atoms with Gasteiger partial charge in [-0.1, -0.05) is 18.2 Å². The van der Waals surface area contributed by atoms with E-state index >= 15 is 0 Å². The maximum atomic E-state index is 12.3. The second kappa shape index (κ2) is 9.92. The summed E-state index contributed by atoms with van der Waals surface area (Å²) in [5.41, 5.74) is 0.296. The first kappa shape index (κ1) is 20.0. The van der Waals surface area contributed by atoms with Crippen LogP contribution < -0.4 is 5.32 Å². The molecule has 25 heavy (non-hydrogen) atoms. The van der Waals surface area contributed by atoms with Crippen LogP contribution in [0.4, 0.5) is 0 Å². The Balaban J connectivity index is 3.18. The van der Waals surface area contributed by atoms with Gasteiger partial charge in [0, 0.05) is 25.9 Å². The lowest BCUT2D eigenvalue weighted by Crippen LogP contribution is -2.28. The van der Waals surface area contributed by atoms with Gasteiger partial charge in [-0.05, 0) is 25.1 Å². The van der Waals surface area contributed by atoms with Gasteiger partial charge < -0.3 is 19.7 Å². The van der Waals surface area contributed by atoms with Gasteiger partial charge in [-0.15, -0.1) is 0 Å². The number of rotatable bonds is 7. The number of nitrogens with one attached hydrogen (secondary N) is 1. The summed E-state index contributed by atoms with van der Waals surface area (Å²) in [4.78, 5) is 37.9. The molecule has 1 amide bonds. The summed E-state index contributed by atoms with van der Waals surface area (Å²) >= 11 is 0. The Labute approximate surface area is 146 Å². The highest BCUT2D eigenvalue weighted by Crippen LogP contribution is 2.08.